The maximum Gasteiger partial charge on any atom is 0.253 e. The molecule has 1 aromatic carbocycles. The van der Waals surface area contributed by atoms with Gasteiger partial charge in [-0.25, -0.2) is 0 Å². The number of rotatable bonds is 4. The zero-order valence-corrected chi connectivity index (χ0v) is 15.8. The van der Waals surface area contributed by atoms with E-state index in [1.165, 1.54) is 12.8 Å². The number of piperidine rings is 1. The van der Waals surface area contributed by atoms with Gasteiger partial charge >= 0.3 is 0 Å². The summed E-state index contributed by atoms with van der Waals surface area (Å²) in [6, 6.07) is 5.86. The molecule has 0 radical (unpaired) electrons. The van der Waals surface area contributed by atoms with E-state index in [2.05, 4.69) is 23.4 Å². The van der Waals surface area contributed by atoms with Gasteiger partial charge in [0.15, 0.2) is 0 Å². The quantitative estimate of drug-likeness (QED) is 0.834. The Balaban J connectivity index is 1.17. The van der Waals surface area contributed by atoms with Crippen molar-refractivity contribution in [1.82, 2.24) is 19.9 Å². The van der Waals surface area contributed by atoms with Gasteiger partial charge in [-0.05, 0) is 62.3 Å². The minimum atomic E-state index is 0.146. The number of ether oxygens (including phenoxy) is 1. The van der Waals surface area contributed by atoms with Gasteiger partial charge in [-0.2, -0.15) is 0 Å². The smallest absolute Gasteiger partial charge is 0.253 e. The second kappa shape index (κ2) is 6.66. The molecule has 0 unspecified atom stereocenters. The second-order valence-corrected chi connectivity index (χ2v) is 8.33. The summed E-state index contributed by atoms with van der Waals surface area (Å²) in [5, 5.41) is 8.59. The van der Waals surface area contributed by atoms with Crippen molar-refractivity contribution in [2.45, 2.75) is 57.6 Å². The summed E-state index contributed by atoms with van der Waals surface area (Å²) in [7, 11) is 0. The van der Waals surface area contributed by atoms with Gasteiger partial charge in [-0.3, -0.25) is 9.48 Å². The monoisotopic (exact) mass is 366 g/mol. The van der Waals surface area contributed by atoms with Gasteiger partial charge in [0.2, 0.25) is 0 Å². The second-order valence-electron chi connectivity index (χ2n) is 8.33. The Morgan fingerprint density at radius 3 is 2.81 bits per heavy atom. The molecule has 27 heavy (non-hydrogen) atoms. The SMILES string of the molecule is C[C@@H]1Cc2cc(C(=O)N3CCC(Cn4cc(C5CC5)nn4)CC3)ccc2O1. The number of nitrogens with zero attached hydrogens (tertiary/aromatic N) is 4. The largest absolute Gasteiger partial charge is 0.490 e. The van der Waals surface area contributed by atoms with E-state index < -0.39 is 0 Å². The van der Waals surface area contributed by atoms with E-state index >= 15 is 0 Å². The first-order valence-corrected chi connectivity index (χ1v) is 10.1. The first-order chi connectivity index (χ1) is 13.2. The van der Waals surface area contributed by atoms with Crippen LogP contribution in [-0.4, -0.2) is 45.0 Å². The number of amides is 1. The molecule has 1 aromatic heterocycles. The standard InChI is InChI=1S/C21H26N4O2/c1-14-10-18-11-17(4-5-20(18)27-14)21(26)24-8-6-15(7-9-24)12-25-13-19(22-23-25)16-2-3-16/h4-5,11,13-16H,2-3,6-10,12H2,1H3/t14-/m1/s1. The Bertz CT molecular complexity index is 850. The molecule has 2 aromatic rings. The van der Waals surface area contributed by atoms with Gasteiger partial charge in [0.25, 0.3) is 5.91 Å². The molecule has 2 fully saturated rings. The summed E-state index contributed by atoms with van der Waals surface area (Å²) >= 11 is 0. The van der Waals surface area contributed by atoms with Crippen molar-refractivity contribution in [3.8, 4) is 5.75 Å². The molecule has 6 nitrogen and oxygen atoms in total. The minimum Gasteiger partial charge on any atom is -0.490 e. The predicted molar refractivity (Wildman–Crippen MR) is 101 cm³/mol. The molecule has 142 valence electrons. The number of carbonyl (C=O) groups is 1. The van der Waals surface area contributed by atoms with E-state index in [1.54, 1.807) is 0 Å². The Hall–Kier alpha value is -2.37. The van der Waals surface area contributed by atoms with Gasteiger partial charge < -0.3 is 9.64 Å². The Kier molecular flexibility index (Phi) is 4.14. The normalized spacial score (nSPS) is 22.6. The van der Waals surface area contributed by atoms with Crippen LogP contribution in [0.15, 0.2) is 24.4 Å². The molecule has 1 amide bonds. The average Bonchev–Trinajstić information content (AvgIpc) is 3.31. The van der Waals surface area contributed by atoms with Crippen LogP contribution < -0.4 is 4.74 Å². The first-order valence-electron chi connectivity index (χ1n) is 10.1. The van der Waals surface area contributed by atoms with E-state index in [0.29, 0.717) is 11.8 Å². The molecule has 1 saturated heterocycles. The molecular formula is C21H26N4O2. The highest BCUT2D eigenvalue weighted by molar-refractivity contribution is 5.94. The number of fused-ring (bicyclic) bond motifs is 1. The molecule has 1 saturated carbocycles. The molecule has 0 bridgehead atoms. The predicted octanol–water partition coefficient (Wildman–Crippen LogP) is 3.03. The summed E-state index contributed by atoms with van der Waals surface area (Å²) in [5.41, 5.74) is 3.09. The molecule has 5 rings (SSSR count). The van der Waals surface area contributed by atoms with Crippen molar-refractivity contribution in [3.05, 3.63) is 41.2 Å². The highest BCUT2D eigenvalue weighted by atomic mass is 16.5. The zero-order valence-electron chi connectivity index (χ0n) is 15.8. The van der Waals surface area contributed by atoms with Crippen molar-refractivity contribution >= 4 is 5.91 Å². The zero-order chi connectivity index (χ0) is 18.4. The van der Waals surface area contributed by atoms with Crippen LogP contribution in [0.4, 0.5) is 0 Å². The van der Waals surface area contributed by atoms with Crippen LogP contribution in [0.2, 0.25) is 0 Å². The summed E-state index contributed by atoms with van der Waals surface area (Å²) < 4.78 is 7.74. The van der Waals surface area contributed by atoms with Crippen molar-refractivity contribution in [3.63, 3.8) is 0 Å². The molecule has 1 aliphatic carbocycles. The molecule has 6 heteroatoms. The van der Waals surface area contributed by atoms with Gasteiger partial charge in [-0.15, -0.1) is 5.10 Å². The number of hydrogen-bond donors (Lipinski definition) is 0. The lowest BCUT2D eigenvalue weighted by Gasteiger charge is -2.32. The third kappa shape index (κ3) is 3.45. The van der Waals surface area contributed by atoms with E-state index in [-0.39, 0.29) is 12.0 Å². The fourth-order valence-electron chi connectivity index (χ4n) is 4.29. The van der Waals surface area contributed by atoms with Gasteiger partial charge in [0, 0.05) is 43.7 Å². The number of carbonyl (C=O) groups excluding carboxylic acids is 1. The summed E-state index contributed by atoms with van der Waals surface area (Å²) in [6.07, 6.45) is 7.77. The lowest BCUT2D eigenvalue weighted by molar-refractivity contribution is 0.0681. The molecular weight excluding hydrogens is 340 g/mol. The third-order valence-electron chi connectivity index (χ3n) is 6.04. The van der Waals surface area contributed by atoms with Crippen molar-refractivity contribution in [2.24, 2.45) is 5.92 Å². The van der Waals surface area contributed by atoms with E-state index in [1.807, 2.05) is 27.8 Å². The van der Waals surface area contributed by atoms with Gasteiger partial charge in [-0.1, -0.05) is 5.21 Å². The molecule has 2 aliphatic heterocycles. The lowest BCUT2D eigenvalue weighted by Crippen LogP contribution is -2.39. The maximum absolute atomic E-state index is 12.9. The topological polar surface area (TPSA) is 60.2 Å². The molecule has 3 heterocycles. The van der Waals surface area contributed by atoms with Crippen molar-refractivity contribution in [2.75, 3.05) is 13.1 Å². The Morgan fingerprint density at radius 1 is 1.22 bits per heavy atom. The number of likely N-dealkylation sites (tertiary alicyclic amines) is 1. The fraction of sp³-hybridized carbons (Fsp3) is 0.571. The van der Waals surface area contributed by atoms with Crippen LogP contribution in [-0.2, 0) is 13.0 Å². The van der Waals surface area contributed by atoms with Crippen LogP contribution in [0.3, 0.4) is 0 Å². The Labute approximate surface area is 159 Å². The number of aromatic nitrogens is 3. The summed E-state index contributed by atoms with van der Waals surface area (Å²) in [4.78, 5) is 14.9. The van der Waals surface area contributed by atoms with Gasteiger partial charge in [0.1, 0.15) is 11.9 Å². The van der Waals surface area contributed by atoms with Crippen molar-refractivity contribution < 1.29 is 9.53 Å². The molecule has 0 spiro atoms. The third-order valence-corrected chi connectivity index (χ3v) is 6.04. The lowest BCUT2D eigenvalue weighted by atomic mass is 9.96. The molecule has 1 atom stereocenters. The first kappa shape index (κ1) is 16.8. The van der Waals surface area contributed by atoms with Gasteiger partial charge in [0.05, 0.1) is 5.69 Å². The average molecular weight is 366 g/mol. The van der Waals surface area contributed by atoms with E-state index in [4.69, 9.17) is 4.74 Å². The fourth-order valence-corrected chi connectivity index (χ4v) is 4.29. The van der Waals surface area contributed by atoms with Crippen LogP contribution >= 0.6 is 0 Å². The highest BCUT2D eigenvalue weighted by Crippen LogP contribution is 2.38. The maximum atomic E-state index is 12.9. The van der Waals surface area contributed by atoms with Crippen LogP contribution in [0.25, 0.3) is 0 Å². The van der Waals surface area contributed by atoms with Crippen molar-refractivity contribution in [1.29, 1.82) is 0 Å². The molecule has 0 N–H and O–H groups in total. The van der Waals surface area contributed by atoms with Crippen LogP contribution in [0, 0.1) is 5.92 Å². The summed E-state index contributed by atoms with van der Waals surface area (Å²) in [6.45, 7) is 4.61. The number of benzene rings is 1. The van der Waals surface area contributed by atoms with Crippen LogP contribution in [0.1, 0.15) is 60.1 Å². The highest BCUT2D eigenvalue weighted by Gasteiger charge is 2.28. The van der Waals surface area contributed by atoms with E-state index in [0.717, 1.165) is 61.5 Å². The number of hydrogen-bond acceptors (Lipinski definition) is 4. The van der Waals surface area contributed by atoms with Crippen LogP contribution in [0.5, 0.6) is 5.75 Å². The summed E-state index contributed by atoms with van der Waals surface area (Å²) in [5.74, 6) is 2.29. The van der Waals surface area contributed by atoms with E-state index in [9.17, 15) is 4.79 Å². The molecule has 3 aliphatic rings. The Morgan fingerprint density at radius 2 is 2.04 bits per heavy atom. The minimum absolute atomic E-state index is 0.146.